The first-order valence-corrected chi connectivity index (χ1v) is 10.7. The molecular formula is C16H20F2N6O3S. The van der Waals surface area contributed by atoms with E-state index in [1.54, 1.807) is 11.7 Å². The molecule has 2 aliphatic carbocycles. The molecule has 0 bridgehead atoms. The molecule has 2 N–H and O–H groups in total. The van der Waals surface area contributed by atoms with Gasteiger partial charge in [0.1, 0.15) is 5.69 Å². The van der Waals surface area contributed by atoms with Crippen molar-refractivity contribution in [3.8, 4) is 11.6 Å². The Morgan fingerprint density at radius 3 is 2.64 bits per heavy atom. The second kappa shape index (κ2) is 5.57. The number of hydrogen-bond acceptors (Lipinski definition) is 6. The van der Waals surface area contributed by atoms with Crippen LogP contribution in [-0.2, 0) is 30.1 Å². The highest BCUT2D eigenvalue weighted by molar-refractivity contribution is 7.86. The van der Waals surface area contributed by atoms with Crippen LogP contribution in [0.2, 0.25) is 0 Å². The van der Waals surface area contributed by atoms with E-state index in [-0.39, 0.29) is 37.6 Å². The van der Waals surface area contributed by atoms with E-state index in [1.165, 1.54) is 0 Å². The van der Waals surface area contributed by atoms with E-state index in [0.29, 0.717) is 5.69 Å². The average Bonchev–Trinajstić information content (AvgIpc) is 3.14. The van der Waals surface area contributed by atoms with E-state index in [1.807, 2.05) is 0 Å². The predicted octanol–water partition coefficient (Wildman–Crippen LogP) is 0.977. The van der Waals surface area contributed by atoms with E-state index in [0.717, 1.165) is 34.8 Å². The van der Waals surface area contributed by atoms with Gasteiger partial charge in [0.05, 0.1) is 17.0 Å². The monoisotopic (exact) mass is 414 g/mol. The summed E-state index contributed by atoms with van der Waals surface area (Å²) in [5.74, 6) is -4.01. The zero-order valence-electron chi connectivity index (χ0n) is 15.2. The van der Waals surface area contributed by atoms with E-state index < -0.39 is 27.5 Å². The fourth-order valence-electron chi connectivity index (χ4n) is 4.92. The Hall–Kier alpha value is -1.92. The largest absolute Gasteiger partial charge is 0.332 e. The molecule has 3 aliphatic rings. The van der Waals surface area contributed by atoms with Gasteiger partial charge in [0.2, 0.25) is 0 Å². The van der Waals surface area contributed by atoms with Crippen molar-refractivity contribution in [2.75, 3.05) is 13.1 Å². The number of rotatable bonds is 3. The summed E-state index contributed by atoms with van der Waals surface area (Å²) in [6, 6.07) is 0. The Morgan fingerprint density at radius 1 is 1.25 bits per heavy atom. The number of alkyl halides is 2. The highest BCUT2D eigenvalue weighted by Crippen LogP contribution is 2.75. The molecule has 1 saturated heterocycles. The van der Waals surface area contributed by atoms with Gasteiger partial charge >= 0.3 is 0 Å². The summed E-state index contributed by atoms with van der Waals surface area (Å²) in [6.07, 6.45) is 2.74. The summed E-state index contributed by atoms with van der Waals surface area (Å²) in [4.78, 5) is 4.29. The van der Waals surface area contributed by atoms with Crippen molar-refractivity contribution in [2.45, 2.75) is 43.9 Å². The fraction of sp³-hybridized carbons (Fsp3) is 0.688. The van der Waals surface area contributed by atoms with Gasteiger partial charge in [0, 0.05) is 25.7 Å². The normalized spacial score (nSPS) is 25.9. The maximum Gasteiger partial charge on any atom is 0.276 e. The Labute approximate surface area is 160 Å². The third-order valence-electron chi connectivity index (χ3n) is 6.44. The van der Waals surface area contributed by atoms with Crippen molar-refractivity contribution in [1.82, 2.24) is 24.2 Å². The third kappa shape index (κ3) is 2.34. The third-order valence-corrected chi connectivity index (χ3v) is 7.53. The number of aromatic nitrogens is 4. The number of nitrogens with two attached hydrogens (primary N) is 1. The number of fused-ring (bicyclic) bond motifs is 1. The lowest BCUT2D eigenvalue weighted by Crippen LogP contribution is -2.43. The maximum absolute atomic E-state index is 14.8. The van der Waals surface area contributed by atoms with Crippen molar-refractivity contribution in [1.29, 1.82) is 0 Å². The lowest BCUT2D eigenvalue weighted by Gasteiger charge is -2.30. The van der Waals surface area contributed by atoms with Gasteiger partial charge < -0.3 is 4.52 Å². The smallest absolute Gasteiger partial charge is 0.276 e. The van der Waals surface area contributed by atoms with Crippen LogP contribution in [0.5, 0.6) is 0 Å². The molecule has 0 radical (unpaired) electrons. The van der Waals surface area contributed by atoms with Crippen LogP contribution in [0.3, 0.4) is 0 Å². The SMILES string of the molecule is Cn1nc2c(c1-c1nc([C@@H]3C(F)(F)C34CCN(S(N)(=O)=O)CC4)no1)CCC2. The number of hydrogen-bond donors (Lipinski definition) is 1. The summed E-state index contributed by atoms with van der Waals surface area (Å²) in [6.45, 7) is -0.0737. The van der Waals surface area contributed by atoms with Crippen LogP contribution in [0.15, 0.2) is 4.52 Å². The minimum absolute atomic E-state index is 0.00603. The zero-order chi connectivity index (χ0) is 19.9. The van der Waals surface area contributed by atoms with E-state index in [9.17, 15) is 17.2 Å². The molecule has 0 aromatic carbocycles. The molecule has 3 heterocycles. The molecule has 1 atom stereocenters. The van der Waals surface area contributed by atoms with Crippen LogP contribution in [0.25, 0.3) is 11.6 Å². The van der Waals surface area contributed by atoms with Crippen molar-refractivity contribution >= 4 is 10.2 Å². The minimum Gasteiger partial charge on any atom is -0.332 e. The van der Waals surface area contributed by atoms with Gasteiger partial charge in [-0.2, -0.15) is 22.8 Å². The van der Waals surface area contributed by atoms with Crippen LogP contribution in [0, 0.1) is 5.41 Å². The van der Waals surface area contributed by atoms with Gasteiger partial charge in [0.25, 0.3) is 22.0 Å². The maximum atomic E-state index is 14.8. The summed E-state index contributed by atoms with van der Waals surface area (Å²) >= 11 is 0. The molecule has 2 fully saturated rings. The highest BCUT2D eigenvalue weighted by Gasteiger charge is 2.82. The molecule has 9 nitrogen and oxygen atoms in total. The first kappa shape index (κ1) is 18.1. The first-order valence-electron chi connectivity index (χ1n) is 9.19. The molecule has 1 saturated carbocycles. The Kier molecular flexibility index (Phi) is 3.61. The molecule has 12 heteroatoms. The number of piperidine rings is 1. The second-order valence-electron chi connectivity index (χ2n) is 7.86. The Bertz CT molecular complexity index is 1050. The van der Waals surface area contributed by atoms with Gasteiger partial charge in [-0.15, -0.1) is 0 Å². The summed E-state index contributed by atoms with van der Waals surface area (Å²) in [5, 5.41) is 13.4. The van der Waals surface area contributed by atoms with Crippen molar-refractivity contribution < 1.29 is 21.7 Å². The molecule has 152 valence electrons. The minimum atomic E-state index is -3.87. The van der Waals surface area contributed by atoms with Gasteiger partial charge in [-0.1, -0.05) is 5.16 Å². The van der Waals surface area contributed by atoms with Crippen LogP contribution in [0.4, 0.5) is 8.78 Å². The topological polar surface area (TPSA) is 120 Å². The Morgan fingerprint density at radius 2 is 1.96 bits per heavy atom. The predicted molar refractivity (Wildman–Crippen MR) is 92.6 cm³/mol. The van der Waals surface area contributed by atoms with Crippen LogP contribution >= 0.6 is 0 Å². The lowest BCUT2D eigenvalue weighted by molar-refractivity contribution is 0.0411. The van der Waals surface area contributed by atoms with Crippen LogP contribution in [0.1, 0.15) is 42.3 Å². The number of aryl methyl sites for hydroxylation is 2. The molecular weight excluding hydrogens is 394 g/mol. The molecule has 0 unspecified atom stereocenters. The average molecular weight is 414 g/mol. The number of nitrogens with zero attached hydrogens (tertiary/aromatic N) is 5. The molecule has 1 spiro atoms. The van der Waals surface area contributed by atoms with Crippen LogP contribution < -0.4 is 5.14 Å². The summed E-state index contributed by atoms with van der Waals surface area (Å²) in [5.41, 5.74) is 1.37. The van der Waals surface area contributed by atoms with Gasteiger partial charge in [-0.05, 0) is 32.1 Å². The second-order valence-corrected chi connectivity index (χ2v) is 9.41. The molecule has 0 amide bonds. The van der Waals surface area contributed by atoms with E-state index in [4.69, 9.17) is 9.66 Å². The highest BCUT2D eigenvalue weighted by atomic mass is 32.2. The summed E-state index contributed by atoms with van der Waals surface area (Å²) < 4.78 is 60.5. The lowest BCUT2D eigenvalue weighted by atomic mass is 9.91. The van der Waals surface area contributed by atoms with Crippen molar-refractivity contribution in [2.24, 2.45) is 17.6 Å². The van der Waals surface area contributed by atoms with Crippen molar-refractivity contribution in [3.63, 3.8) is 0 Å². The van der Waals surface area contributed by atoms with E-state index >= 15 is 0 Å². The van der Waals surface area contributed by atoms with Gasteiger partial charge in [0.15, 0.2) is 5.82 Å². The fourth-order valence-corrected chi connectivity index (χ4v) is 5.61. The molecule has 5 rings (SSSR count). The standard InChI is InChI=1S/C16H20F2N6O3S/c1-23-11(9-3-2-4-10(9)21-23)14-20-13(22-27-14)12-15(16(12,17)18)5-7-24(8-6-15)28(19,25)26/h12H,2-8H2,1H3,(H2,19,25,26)/t12-/m0/s1. The van der Waals surface area contributed by atoms with Gasteiger partial charge in [-0.25, -0.2) is 13.9 Å². The molecule has 1 aliphatic heterocycles. The zero-order valence-corrected chi connectivity index (χ0v) is 16.0. The quantitative estimate of drug-likeness (QED) is 0.799. The van der Waals surface area contributed by atoms with Gasteiger partial charge in [-0.3, -0.25) is 4.68 Å². The molecule has 28 heavy (non-hydrogen) atoms. The van der Waals surface area contributed by atoms with Crippen molar-refractivity contribution in [3.05, 3.63) is 17.1 Å². The first-order chi connectivity index (χ1) is 13.1. The van der Waals surface area contributed by atoms with E-state index in [2.05, 4.69) is 15.2 Å². The number of halogens is 2. The Balaban J connectivity index is 1.43. The molecule has 2 aromatic heterocycles. The molecule has 2 aromatic rings. The summed E-state index contributed by atoms with van der Waals surface area (Å²) in [7, 11) is -2.10. The van der Waals surface area contributed by atoms with Crippen LogP contribution in [-0.4, -0.2) is 51.7 Å².